The van der Waals surface area contributed by atoms with Gasteiger partial charge in [-0.2, -0.15) is 11.8 Å². The second-order valence-corrected chi connectivity index (χ2v) is 6.53. The Balaban J connectivity index is 2.01. The fraction of sp³-hybridized carbons (Fsp3) is 0.500. The van der Waals surface area contributed by atoms with Crippen LogP contribution < -0.4 is 5.32 Å². The van der Waals surface area contributed by atoms with Crippen molar-refractivity contribution in [1.82, 2.24) is 5.32 Å². The van der Waals surface area contributed by atoms with Gasteiger partial charge in [-0.1, -0.05) is 12.1 Å². The lowest BCUT2D eigenvalue weighted by Gasteiger charge is -2.26. The van der Waals surface area contributed by atoms with Crippen LogP contribution in [0.15, 0.2) is 29.2 Å². The average Bonchev–Trinajstić information content (AvgIpc) is 2.94. The van der Waals surface area contributed by atoms with Gasteiger partial charge in [0.15, 0.2) is 0 Å². The van der Waals surface area contributed by atoms with E-state index in [1.54, 1.807) is 18.9 Å². The molecule has 0 aliphatic carbocycles. The van der Waals surface area contributed by atoms with Crippen molar-refractivity contribution in [3.05, 3.63) is 29.8 Å². The van der Waals surface area contributed by atoms with E-state index in [0.717, 1.165) is 28.4 Å². The summed E-state index contributed by atoms with van der Waals surface area (Å²) < 4.78 is 5.60. The lowest BCUT2D eigenvalue weighted by atomic mass is 10.0. The average molecular weight is 297 g/mol. The molecule has 1 N–H and O–H groups in total. The summed E-state index contributed by atoms with van der Waals surface area (Å²) in [6.45, 7) is 0.581. The number of nitrogens with one attached hydrogen (secondary N) is 1. The third-order valence-electron chi connectivity index (χ3n) is 3.42. The summed E-state index contributed by atoms with van der Waals surface area (Å²) in [6.07, 6.45) is 2.98. The molecule has 2 rings (SSSR count). The van der Waals surface area contributed by atoms with Crippen molar-refractivity contribution in [3.63, 3.8) is 0 Å². The van der Waals surface area contributed by atoms with Gasteiger partial charge in [-0.05, 0) is 30.6 Å². The van der Waals surface area contributed by atoms with Crippen LogP contribution in [0.2, 0.25) is 0 Å². The summed E-state index contributed by atoms with van der Waals surface area (Å²) in [7, 11) is 1.73. The highest BCUT2D eigenvalue weighted by molar-refractivity contribution is 7.99. The Kier molecular flexibility index (Phi) is 5.19. The molecule has 1 saturated heterocycles. The number of ether oxygens (including phenoxy) is 1. The number of thioether (sulfide) groups is 2. The molecule has 1 aliphatic heterocycles. The second kappa shape index (κ2) is 6.68. The second-order valence-electron chi connectivity index (χ2n) is 4.57. The van der Waals surface area contributed by atoms with E-state index in [9.17, 15) is 4.79 Å². The van der Waals surface area contributed by atoms with Crippen molar-refractivity contribution in [2.45, 2.75) is 16.9 Å². The SMILES string of the molecule is CO[C@]1(CNC(=O)c2ccccc2SC)CCSC1. The molecule has 0 spiro atoms. The molecule has 0 unspecified atom stereocenters. The number of hydrogen-bond donors (Lipinski definition) is 1. The normalized spacial score (nSPS) is 22.4. The topological polar surface area (TPSA) is 38.3 Å². The molecule has 0 bridgehead atoms. The molecule has 0 aromatic heterocycles. The summed E-state index contributed by atoms with van der Waals surface area (Å²) in [5.41, 5.74) is 0.557. The minimum atomic E-state index is -0.186. The zero-order valence-electron chi connectivity index (χ0n) is 11.3. The van der Waals surface area contributed by atoms with Crippen LogP contribution >= 0.6 is 23.5 Å². The van der Waals surface area contributed by atoms with E-state index in [1.165, 1.54) is 0 Å². The van der Waals surface area contributed by atoms with Gasteiger partial charge in [0, 0.05) is 24.3 Å². The van der Waals surface area contributed by atoms with Crippen molar-refractivity contribution < 1.29 is 9.53 Å². The molecule has 5 heteroatoms. The first kappa shape index (κ1) is 14.8. The first-order valence-electron chi connectivity index (χ1n) is 6.25. The van der Waals surface area contributed by atoms with Crippen LogP contribution in [0, 0.1) is 0 Å². The number of amides is 1. The summed E-state index contributed by atoms with van der Waals surface area (Å²) >= 11 is 3.47. The van der Waals surface area contributed by atoms with E-state index >= 15 is 0 Å². The lowest BCUT2D eigenvalue weighted by molar-refractivity contribution is 0.0137. The zero-order chi connectivity index (χ0) is 13.7. The van der Waals surface area contributed by atoms with Gasteiger partial charge in [0.1, 0.15) is 0 Å². The van der Waals surface area contributed by atoms with Crippen LogP contribution in [0.5, 0.6) is 0 Å². The minimum absolute atomic E-state index is 0.0155. The molecule has 1 fully saturated rings. The number of rotatable bonds is 5. The summed E-state index contributed by atoms with van der Waals surface area (Å²) in [5.74, 6) is 2.04. The van der Waals surface area contributed by atoms with Crippen LogP contribution in [0.25, 0.3) is 0 Å². The highest BCUT2D eigenvalue weighted by atomic mass is 32.2. The van der Waals surface area contributed by atoms with E-state index < -0.39 is 0 Å². The highest BCUT2D eigenvalue weighted by Gasteiger charge is 2.34. The monoisotopic (exact) mass is 297 g/mol. The third-order valence-corrected chi connectivity index (χ3v) is 5.44. The van der Waals surface area contributed by atoms with Crippen LogP contribution in [0.4, 0.5) is 0 Å². The Morgan fingerprint density at radius 2 is 2.32 bits per heavy atom. The molecule has 104 valence electrons. The van der Waals surface area contributed by atoms with Crippen LogP contribution in [-0.4, -0.2) is 42.9 Å². The summed E-state index contributed by atoms with van der Waals surface area (Å²) in [6, 6.07) is 7.68. The van der Waals surface area contributed by atoms with Crippen molar-refractivity contribution in [2.24, 2.45) is 0 Å². The molecule has 0 saturated carbocycles. The van der Waals surface area contributed by atoms with Crippen molar-refractivity contribution >= 4 is 29.4 Å². The van der Waals surface area contributed by atoms with E-state index in [1.807, 2.05) is 42.3 Å². The van der Waals surface area contributed by atoms with Gasteiger partial charge in [-0.3, -0.25) is 4.79 Å². The third kappa shape index (κ3) is 3.46. The predicted octanol–water partition coefficient (Wildman–Crippen LogP) is 2.66. The van der Waals surface area contributed by atoms with Crippen LogP contribution in [0.3, 0.4) is 0 Å². The maximum Gasteiger partial charge on any atom is 0.252 e. The Hall–Kier alpha value is -0.650. The summed E-state index contributed by atoms with van der Waals surface area (Å²) in [4.78, 5) is 13.3. The maximum atomic E-state index is 12.3. The minimum Gasteiger partial charge on any atom is -0.376 e. The molecular weight excluding hydrogens is 278 g/mol. The first-order valence-corrected chi connectivity index (χ1v) is 8.63. The Morgan fingerprint density at radius 1 is 1.53 bits per heavy atom. The van der Waals surface area contributed by atoms with Crippen LogP contribution in [0.1, 0.15) is 16.8 Å². The zero-order valence-corrected chi connectivity index (χ0v) is 12.9. The number of carbonyl (C=O) groups excluding carboxylic acids is 1. The molecule has 1 aromatic carbocycles. The van der Waals surface area contributed by atoms with Gasteiger partial charge in [0.25, 0.3) is 5.91 Å². The van der Waals surface area contributed by atoms with Gasteiger partial charge in [-0.15, -0.1) is 11.8 Å². The smallest absolute Gasteiger partial charge is 0.252 e. The molecule has 19 heavy (non-hydrogen) atoms. The molecule has 0 radical (unpaired) electrons. The largest absolute Gasteiger partial charge is 0.376 e. The molecule has 1 aromatic rings. The summed E-state index contributed by atoms with van der Waals surface area (Å²) in [5, 5.41) is 3.02. The molecule has 1 heterocycles. The van der Waals surface area contributed by atoms with E-state index in [2.05, 4.69) is 5.32 Å². The molecule has 1 aliphatic rings. The maximum absolute atomic E-state index is 12.3. The Labute approximate surface area is 122 Å². The molecule has 3 nitrogen and oxygen atoms in total. The van der Waals surface area contributed by atoms with Crippen molar-refractivity contribution in [3.8, 4) is 0 Å². The Morgan fingerprint density at radius 3 is 2.95 bits per heavy atom. The van der Waals surface area contributed by atoms with Gasteiger partial charge >= 0.3 is 0 Å². The number of benzene rings is 1. The number of methoxy groups -OCH3 is 1. The molecule has 1 amide bonds. The fourth-order valence-corrected chi connectivity index (χ4v) is 4.12. The molecular formula is C14H19NO2S2. The van der Waals surface area contributed by atoms with E-state index in [-0.39, 0.29) is 11.5 Å². The predicted molar refractivity (Wildman–Crippen MR) is 82.2 cm³/mol. The van der Waals surface area contributed by atoms with E-state index in [4.69, 9.17) is 4.74 Å². The fourth-order valence-electron chi connectivity index (χ4n) is 2.13. The lowest BCUT2D eigenvalue weighted by Crippen LogP contribution is -2.44. The van der Waals surface area contributed by atoms with E-state index in [0.29, 0.717) is 6.54 Å². The van der Waals surface area contributed by atoms with Gasteiger partial charge in [0.05, 0.1) is 11.2 Å². The standard InChI is InChI=1S/C14H19NO2S2/c1-17-14(7-8-19-10-14)9-15-13(16)11-5-3-4-6-12(11)18-2/h3-6H,7-10H2,1-2H3,(H,15,16)/t14-/m0/s1. The number of carbonyl (C=O) groups is 1. The quantitative estimate of drug-likeness (QED) is 0.848. The van der Waals surface area contributed by atoms with Crippen molar-refractivity contribution in [2.75, 3.05) is 31.4 Å². The van der Waals surface area contributed by atoms with Gasteiger partial charge in [-0.25, -0.2) is 0 Å². The first-order chi connectivity index (χ1) is 9.21. The van der Waals surface area contributed by atoms with Crippen molar-refractivity contribution in [1.29, 1.82) is 0 Å². The van der Waals surface area contributed by atoms with Gasteiger partial charge in [0.2, 0.25) is 0 Å². The Bertz CT molecular complexity index is 445. The van der Waals surface area contributed by atoms with Gasteiger partial charge < -0.3 is 10.1 Å². The highest BCUT2D eigenvalue weighted by Crippen LogP contribution is 2.30. The molecule has 1 atom stereocenters. The van der Waals surface area contributed by atoms with Crippen LogP contribution in [-0.2, 0) is 4.74 Å². The number of hydrogen-bond acceptors (Lipinski definition) is 4.